The van der Waals surface area contributed by atoms with E-state index in [0.29, 0.717) is 0 Å². The maximum atomic E-state index is 12.6. The molecule has 3 rings (SSSR count). The second-order valence-corrected chi connectivity index (χ2v) is 7.41. The van der Waals surface area contributed by atoms with Crippen LogP contribution in [0.5, 0.6) is 0 Å². The van der Waals surface area contributed by atoms with Crippen molar-refractivity contribution >= 4 is 20.8 Å². The quantitative estimate of drug-likeness (QED) is 0.800. The lowest BCUT2D eigenvalue weighted by molar-refractivity contribution is 0.566. The van der Waals surface area contributed by atoms with Crippen molar-refractivity contribution in [3.63, 3.8) is 0 Å². The van der Waals surface area contributed by atoms with E-state index in [-0.39, 0.29) is 10.9 Å². The summed E-state index contributed by atoms with van der Waals surface area (Å²) in [5.74, 6) is 0. The molecule has 0 fully saturated rings. The van der Waals surface area contributed by atoms with E-state index in [9.17, 15) is 8.42 Å². The van der Waals surface area contributed by atoms with Crippen LogP contribution in [0, 0.1) is 6.92 Å². The molecule has 0 aliphatic heterocycles. The number of aryl methyl sites for hydroxylation is 2. The maximum Gasteiger partial charge on any atom is 0.241 e. The molecule has 0 spiro atoms. The highest BCUT2D eigenvalue weighted by Gasteiger charge is 2.21. The number of hydrogen-bond donors (Lipinski definition) is 1. The Morgan fingerprint density at radius 1 is 1.13 bits per heavy atom. The molecule has 120 valence electrons. The monoisotopic (exact) mass is 329 g/mol. The average Bonchev–Trinajstić information content (AvgIpc) is 2.85. The van der Waals surface area contributed by atoms with Gasteiger partial charge in [-0.2, -0.15) is 5.10 Å². The van der Waals surface area contributed by atoms with E-state index in [0.717, 1.165) is 22.0 Å². The molecule has 1 unspecified atom stereocenters. The molecule has 0 aliphatic carbocycles. The Kier molecular flexibility index (Phi) is 3.95. The zero-order valence-corrected chi connectivity index (χ0v) is 14.1. The van der Waals surface area contributed by atoms with Gasteiger partial charge in [-0.25, -0.2) is 13.1 Å². The molecule has 0 saturated heterocycles. The molecule has 2 aromatic carbocycles. The molecule has 6 heteroatoms. The van der Waals surface area contributed by atoms with Gasteiger partial charge in [-0.1, -0.05) is 30.3 Å². The van der Waals surface area contributed by atoms with Crippen molar-refractivity contribution in [1.82, 2.24) is 14.5 Å². The third kappa shape index (κ3) is 3.13. The fourth-order valence-electron chi connectivity index (χ4n) is 2.74. The lowest BCUT2D eigenvalue weighted by Crippen LogP contribution is -2.27. The largest absolute Gasteiger partial charge is 0.275 e. The van der Waals surface area contributed by atoms with Crippen molar-refractivity contribution in [2.24, 2.45) is 7.05 Å². The molecule has 0 saturated carbocycles. The van der Waals surface area contributed by atoms with E-state index in [1.165, 1.54) is 0 Å². The van der Waals surface area contributed by atoms with E-state index >= 15 is 0 Å². The van der Waals surface area contributed by atoms with Crippen LogP contribution in [0.4, 0.5) is 0 Å². The summed E-state index contributed by atoms with van der Waals surface area (Å²) in [5, 5.41) is 6.18. The molecule has 0 amide bonds. The molecule has 0 bridgehead atoms. The summed E-state index contributed by atoms with van der Waals surface area (Å²) >= 11 is 0. The number of rotatable bonds is 4. The molecule has 5 nitrogen and oxygen atoms in total. The summed E-state index contributed by atoms with van der Waals surface area (Å²) in [4.78, 5) is 0.268. The number of nitrogens with zero attached hydrogens (tertiary/aromatic N) is 2. The molecule has 1 N–H and O–H groups in total. The molecule has 0 aliphatic rings. The van der Waals surface area contributed by atoms with Crippen molar-refractivity contribution < 1.29 is 8.42 Å². The Morgan fingerprint density at radius 3 is 2.48 bits per heavy atom. The van der Waals surface area contributed by atoms with Gasteiger partial charge in [0.2, 0.25) is 10.0 Å². The zero-order chi connectivity index (χ0) is 16.6. The lowest BCUT2D eigenvalue weighted by atomic mass is 10.1. The van der Waals surface area contributed by atoms with Gasteiger partial charge in [-0.15, -0.1) is 0 Å². The minimum Gasteiger partial charge on any atom is -0.275 e. The molecular formula is C17H19N3O2S. The van der Waals surface area contributed by atoms with E-state index in [1.54, 1.807) is 16.8 Å². The number of fused-ring (bicyclic) bond motifs is 1. The normalized spacial score (nSPS) is 13.3. The van der Waals surface area contributed by atoms with Gasteiger partial charge in [0.15, 0.2) is 0 Å². The molecule has 1 aromatic heterocycles. The summed E-state index contributed by atoms with van der Waals surface area (Å²) in [7, 11) is -1.77. The Morgan fingerprint density at radius 2 is 1.83 bits per heavy atom. The molecule has 1 heterocycles. The minimum atomic E-state index is -3.59. The first-order valence-electron chi connectivity index (χ1n) is 7.38. The first-order valence-corrected chi connectivity index (χ1v) is 8.86. The van der Waals surface area contributed by atoms with Crippen LogP contribution >= 0.6 is 0 Å². The highest BCUT2D eigenvalue weighted by molar-refractivity contribution is 7.89. The fourth-order valence-corrected chi connectivity index (χ4v) is 4.00. The molecule has 1 atom stereocenters. The smallest absolute Gasteiger partial charge is 0.241 e. The highest BCUT2D eigenvalue weighted by Crippen LogP contribution is 2.22. The summed E-state index contributed by atoms with van der Waals surface area (Å²) in [6.45, 7) is 3.69. The topological polar surface area (TPSA) is 64.0 Å². The Balaban J connectivity index is 1.92. The summed E-state index contributed by atoms with van der Waals surface area (Å²) in [5.41, 5.74) is 1.69. The summed E-state index contributed by atoms with van der Waals surface area (Å²) < 4.78 is 29.7. The van der Waals surface area contributed by atoms with Crippen LogP contribution in [0.25, 0.3) is 10.8 Å². The van der Waals surface area contributed by atoms with Gasteiger partial charge >= 0.3 is 0 Å². The van der Waals surface area contributed by atoms with Crippen LogP contribution in [-0.4, -0.2) is 18.2 Å². The number of aromatic nitrogens is 2. The first-order chi connectivity index (χ1) is 10.9. The van der Waals surface area contributed by atoms with Crippen molar-refractivity contribution in [2.75, 3.05) is 0 Å². The van der Waals surface area contributed by atoms with Crippen LogP contribution in [0.15, 0.2) is 53.6 Å². The standard InChI is InChI=1S/C17H19N3O2S/c1-12-17(11-20(3)18-12)13(2)19-23(21,22)16-9-8-14-6-4-5-7-15(14)10-16/h4-11,13,19H,1-3H3. The van der Waals surface area contributed by atoms with Crippen molar-refractivity contribution in [3.8, 4) is 0 Å². The minimum absolute atomic E-state index is 0.268. The lowest BCUT2D eigenvalue weighted by Gasteiger charge is -2.14. The van der Waals surface area contributed by atoms with Crippen LogP contribution in [0.1, 0.15) is 24.2 Å². The number of hydrogen-bond acceptors (Lipinski definition) is 3. The first kappa shape index (κ1) is 15.7. The van der Waals surface area contributed by atoms with Crippen molar-refractivity contribution in [1.29, 1.82) is 0 Å². The third-order valence-corrected chi connectivity index (χ3v) is 5.42. The molecular weight excluding hydrogens is 310 g/mol. The predicted octanol–water partition coefficient (Wildman–Crippen LogP) is 2.92. The fraction of sp³-hybridized carbons (Fsp3) is 0.235. The number of benzene rings is 2. The van der Waals surface area contributed by atoms with Gasteiger partial charge < -0.3 is 0 Å². The van der Waals surface area contributed by atoms with Crippen LogP contribution in [-0.2, 0) is 17.1 Å². The van der Waals surface area contributed by atoms with E-state index in [4.69, 9.17) is 0 Å². The summed E-state index contributed by atoms with van der Waals surface area (Å²) in [6.07, 6.45) is 1.84. The van der Waals surface area contributed by atoms with Crippen LogP contribution < -0.4 is 4.72 Å². The van der Waals surface area contributed by atoms with E-state index in [1.807, 2.05) is 57.4 Å². The van der Waals surface area contributed by atoms with Crippen molar-refractivity contribution in [3.05, 3.63) is 59.9 Å². The highest BCUT2D eigenvalue weighted by atomic mass is 32.2. The van der Waals surface area contributed by atoms with Gasteiger partial charge in [0.1, 0.15) is 0 Å². The second-order valence-electron chi connectivity index (χ2n) is 5.70. The Bertz CT molecular complexity index is 961. The molecule has 3 aromatic rings. The Labute approximate surface area is 136 Å². The van der Waals surface area contributed by atoms with E-state index < -0.39 is 10.0 Å². The van der Waals surface area contributed by atoms with Gasteiger partial charge in [0.25, 0.3) is 0 Å². The Hall–Kier alpha value is -2.18. The van der Waals surface area contributed by atoms with Gasteiger partial charge in [-0.05, 0) is 36.8 Å². The average molecular weight is 329 g/mol. The third-order valence-electron chi connectivity index (χ3n) is 3.88. The van der Waals surface area contributed by atoms with Crippen molar-refractivity contribution in [2.45, 2.75) is 24.8 Å². The van der Waals surface area contributed by atoms with Crippen LogP contribution in [0.3, 0.4) is 0 Å². The predicted molar refractivity (Wildman–Crippen MR) is 90.6 cm³/mol. The number of nitrogens with one attached hydrogen (secondary N) is 1. The SMILES string of the molecule is Cc1nn(C)cc1C(C)NS(=O)(=O)c1ccc2ccccc2c1. The zero-order valence-electron chi connectivity index (χ0n) is 13.3. The molecule has 0 radical (unpaired) electrons. The van der Waals surface area contributed by atoms with Crippen LogP contribution in [0.2, 0.25) is 0 Å². The second kappa shape index (κ2) is 5.79. The van der Waals surface area contributed by atoms with Gasteiger partial charge in [0.05, 0.1) is 10.6 Å². The summed E-state index contributed by atoms with van der Waals surface area (Å²) in [6, 6.07) is 12.5. The molecule has 23 heavy (non-hydrogen) atoms. The van der Waals surface area contributed by atoms with Gasteiger partial charge in [-0.3, -0.25) is 4.68 Å². The maximum absolute atomic E-state index is 12.6. The number of sulfonamides is 1. The van der Waals surface area contributed by atoms with E-state index in [2.05, 4.69) is 9.82 Å². The van der Waals surface area contributed by atoms with Gasteiger partial charge in [0, 0.05) is 24.8 Å².